The van der Waals surface area contributed by atoms with Crippen molar-refractivity contribution in [2.45, 2.75) is 51.0 Å². The second kappa shape index (κ2) is 11.0. The average Bonchev–Trinajstić information content (AvgIpc) is 3.34. The molecule has 1 saturated heterocycles. The molecule has 5 rings (SSSR count). The van der Waals surface area contributed by atoms with Crippen LogP contribution in [0.15, 0.2) is 76.7 Å². The molecule has 3 aromatic carbocycles. The molecule has 3 aromatic rings. The lowest BCUT2D eigenvalue weighted by Gasteiger charge is -2.32. The zero-order valence-electron chi connectivity index (χ0n) is 23.1. The van der Waals surface area contributed by atoms with Crippen LogP contribution in [0.1, 0.15) is 55.9 Å². The number of hydrogen-bond acceptors (Lipinski definition) is 4. The number of rotatable bonds is 6. The lowest BCUT2D eigenvalue weighted by molar-refractivity contribution is -0.138. The van der Waals surface area contributed by atoms with E-state index in [4.69, 9.17) is 14.0 Å². The summed E-state index contributed by atoms with van der Waals surface area (Å²) in [5.74, 6) is -0.102. The van der Waals surface area contributed by atoms with E-state index in [9.17, 15) is 18.0 Å². The largest absolute Gasteiger partial charge is 0.492 e. The van der Waals surface area contributed by atoms with Crippen LogP contribution in [0.2, 0.25) is 0 Å². The molecule has 2 aliphatic rings. The monoisotopic (exact) mass is 627 g/mol. The van der Waals surface area contributed by atoms with Crippen LogP contribution in [-0.2, 0) is 20.2 Å². The summed E-state index contributed by atoms with van der Waals surface area (Å²) < 4.78 is 58.6. The molecule has 1 N–H and O–H groups in total. The van der Waals surface area contributed by atoms with E-state index in [0.717, 1.165) is 28.3 Å². The van der Waals surface area contributed by atoms with Gasteiger partial charge in [-0.15, -0.1) is 0 Å². The summed E-state index contributed by atoms with van der Waals surface area (Å²) in [6.45, 7) is 7.61. The van der Waals surface area contributed by atoms with E-state index in [1.165, 1.54) is 6.07 Å². The first kappa shape index (κ1) is 29.4. The van der Waals surface area contributed by atoms with E-state index in [1.807, 2.05) is 64.1 Å². The van der Waals surface area contributed by atoms with E-state index < -0.39 is 36.2 Å². The van der Waals surface area contributed by atoms with Crippen molar-refractivity contribution in [1.82, 2.24) is 5.32 Å². The predicted molar refractivity (Wildman–Crippen MR) is 156 cm³/mol. The van der Waals surface area contributed by atoms with E-state index in [0.29, 0.717) is 11.0 Å². The highest BCUT2D eigenvalue weighted by atomic mass is 79.9. The minimum atomic E-state index is -4.54. The van der Waals surface area contributed by atoms with Crippen molar-refractivity contribution in [3.05, 3.63) is 98.9 Å². The van der Waals surface area contributed by atoms with Gasteiger partial charge in [-0.3, -0.25) is 0 Å². The lowest BCUT2D eigenvalue weighted by atomic mass is 9.77. The first-order chi connectivity index (χ1) is 19.3. The molecular formula is C31H30BBrF3NO4. The normalized spacial score (nSPS) is 17.8. The number of fused-ring (bicyclic) bond motifs is 3. The fraction of sp³-hybridized carbons (Fsp3) is 0.323. The van der Waals surface area contributed by atoms with E-state index in [-0.39, 0.29) is 23.5 Å². The maximum absolute atomic E-state index is 13.5. The molecule has 0 atom stereocenters. The van der Waals surface area contributed by atoms with Gasteiger partial charge >= 0.3 is 19.4 Å². The highest BCUT2D eigenvalue weighted by Gasteiger charge is 2.52. The summed E-state index contributed by atoms with van der Waals surface area (Å²) in [6.07, 6.45) is -3.64. The van der Waals surface area contributed by atoms with Crippen LogP contribution in [0.4, 0.5) is 18.0 Å². The second-order valence-electron chi connectivity index (χ2n) is 11.2. The molecule has 1 fully saturated rings. The molecule has 10 heteroatoms. The Kier molecular flexibility index (Phi) is 7.87. The molecule has 41 heavy (non-hydrogen) atoms. The zero-order chi connectivity index (χ0) is 29.6. The Morgan fingerprint density at radius 2 is 1.54 bits per heavy atom. The van der Waals surface area contributed by atoms with Crippen LogP contribution in [0, 0.1) is 0 Å². The number of alkyl carbamates (subject to hydrolysis) is 1. The molecule has 0 bridgehead atoms. The number of halogens is 4. The summed E-state index contributed by atoms with van der Waals surface area (Å²) in [6, 6.07) is 20.0. The fourth-order valence-electron chi connectivity index (χ4n) is 5.08. The number of carbonyl (C=O) groups is 1. The van der Waals surface area contributed by atoms with Crippen molar-refractivity contribution in [3.63, 3.8) is 0 Å². The minimum Gasteiger partial charge on any atom is -0.449 e. The molecule has 1 aliphatic heterocycles. The van der Waals surface area contributed by atoms with Gasteiger partial charge < -0.3 is 19.4 Å². The SMILES string of the molecule is CC1(C)OB(C(=Cc2ccc(Br)c(C(F)(F)F)c2)CNC(=O)OCC2c3ccccc3-c3ccccc32)OC1(C)C. The highest BCUT2D eigenvalue weighted by Crippen LogP contribution is 2.44. The highest BCUT2D eigenvalue weighted by molar-refractivity contribution is 9.10. The van der Waals surface area contributed by atoms with Gasteiger partial charge in [-0.05, 0) is 73.1 Å². The van der Waals surface area contributed by atoms with Crippen LogP contribution in [0.3, 0.4) is 0 Å². The Bertz CT molecular complexity index is 1440. The molecule has 1 amide bonds. The fourth-order valence-corrected chi connectivity index (χ4v) is 5.56. The number of amides is 1. The molecule has 214 valence electrons. The van der Waals surface area contributed by atoms with Crippen molar-refractivity contribution in [2.75, 3.05) is 13.2 Å². The quantitative estimate of drug-likeness (QED) is 0.281. The van der Waals surface area contributed by atoms with E-state index in [1.54, 1.807) is 12.1 Å². The molecule has 0 radical (unpaired) electrons. The lowest BCUT2D eigenvalue weighted by Crippen LogP contribution is -2.41. The third-order valence-electron chi connectivity index (χ3n) is 7.98. The van der Waals surface area contributed by atoms with E-state index in [2.05, 4.69) is 33.4 Å². The Morgan fingerprint density at radius 3 is 2.10 bits per heavy atom. The van der Waals surface area contributed by atoms with Gasteiger partial charge in [0, 0.05) is 16.9 Å². The molecule has 0 spiro atoms. The van der Waals surface area contributed by atoms with Crippen molar-refractivity contribution in [2.24, 2.45) is 0 Å². The number of carbonyl (C=O) groups excluding carboxylic acids is 1. The Balaban J connectivity index is 1.34. The van der Waals surface area contributed by atoms with Gasteiger partial charge in [0.1, 0.15) is 6.61 Å². The Labute approximate surface area is 246 Å². The molecular weight excluding hydrogens is 598 g/mol. The first-order valence-corrected chi connectivity index (χ1v) is 14.1. The Hall–Kier alpha value is -3.08. The van der Waals surface area contributed by atoms with Gasteiger partial charge in [-0.25, -0.2) is 4.79 Å². The molecule has 0 saturated carbocycles. The van der Waals surface area contributed by atoms with Crippen molar-refractivity contribution < 1.29 is 32.0 Å². The smallest absolute Gasteiger partial charge is 0.449 e. The van der Waals surface area contributed by atoms with Gasteiger partial charge in [0.05, 0.1) is 16.8 Å². The number of ether oxygens (including phenoxy) is 1. The molecule has 0 aromatic heterocycles. The van der Waals surface area contributed by atoms with Gasteiger partial charge in [0.25, 0.3) is 0 Å². The minimum absolute atomic E-state index is 0.0507. The summed E-state index contributed by atoms with van der Waals surface area (Å²) in [5.41, 5.74) is 3.00. The van der Waals surface area contributed by atoms with Crippen molar-refractivity contribution in [3.8, 4) is 11.1 Å². The third kappa shape index (κ3) is 5.96. The molecule has 1 heterocycles. The van der Waals surface area contributed by atoms with Crippen LogP contribution in [0.5, 0.6) is 0 Å². The summed E-state index contributed by atoms with van der Waals surface area (Å²) in [5, 5.41) is 2.74. The zero-order valence-corrected chi connectivity index (χ0v) is 24.7. The molecule has 1 aliphatic carbocycles. The average molecular weight is 628 g/mol. The van der Waals surface area contributed by atoms with Crippen LogP contribution < -0.4 is 5.32 Å². The second-order valence-corrected chi connectivity index (χ2v) is 12.1. The topological polar surface area (TPSA) is 56.8 Å². The van der Waals surface area contributed by atoms with Crippen LogP contribution in [-0.4, -0.2) is 37.6 Å². The number of alkyl halides is 3. The van der Waals surface area contributed by atoms with Crippen molar-refractivity contribution >= 4 is 35.2 Å². The Morgan fingerprint density at radius 1 is 0.976 bits per heavy atom. The first-order valence-electron chi connectivity index (χ1n) is 13.3. The number of hydrogen-bond donors (Lipinski definition) is 1. The number of benzene rings is 3. The summed E-state index contributed by atoms with van der Waals surface area (Å²) in [7, 11) is -0.883. The maximum atomic E-state index is 13.5. The summed E-state index contributed by atoms with van der Waals surface area (Å²) >= 11 is 2.98. The van der Waals surface area contributed by atoms with Crippen molar-refractivity contribution in [1.29, 1.82) is 0 Å². The van der Waals surface area contributed by atoms with Gasteiger partial charge in [-0.2, -0.15) is 13.2 Å². The summed E-state index contributed by atoms with van der Waals surface area (Å²) in [4.78, 5) is 12.9. The molecule has 5 nitrogen and oxygen atoms in total. The van der Waals surface area contributed by atoms with Gasteiger partial charge in [0.2, 0.25) is 0 Å². The predicted octanol–water partition coefficient (Wildman–Crippen LogP) is 8.02. The van der Waals surface area contributed by atoms with E-state index >= 15 is 0 Å². The standard InChI is InChI=1S/C31H30BBrF3NO4/c1-29(2)30(3,4)41-32(40-29)20(15-19-13-14-27(33)26(16-19)31(34,35)36)17-37-28(38)39-18-25-23-11-7-5-9-21(23)22-10-6-8-12-24(22)25/h5-16,25H,17-18H2,1-4H3,(H,37,38). The third-order valence-corrected chi connectivity index (χ3v) is 8.68. The molecule has 0 unspecified atom stereocenters. The van der Waals surface area contributed by atoms with Crippen LogP contribution >= 0.6 is 15.9 Å². The van der Waals surface area contributed by atoms with Gasteiger partial charge in [-0.1, -0.05) is 76.6 Å². The maximum Gasteiger partial charge on any atom is 0.492 e. The van der Waals surface area contributed by atoms with Crippen LogP contribution in [0.25, 0.3) is 17.2 Å². The number of nitrogens with one attached hydrogen (secondary N) is 1. The van der Waals surface area contributed by atoms with Gasteiger partial charge in [0.15, 0.2) is 0 Å².